The number of ketones is 1. The van der Waals surface area contributed by atoms with Crippen LogP contribution in [0.5, 0.6) is 0 Å². The van der Waals surface area contributed by atoms with E-state index in [-0.39, 0.29) is 29.9 Å². The van der Waals surface area contributed by atoms with E-state index in [4.69, 9.17) is 22.4 Å². The van der Waals surface area contributed by atoms with Crippen molar-refractivity contribution >= 4 is 40.7 Å². The van der Waals surface area contributed by atoms with Gasteiger partial charge in [0.25, 0.3) is 0 Å². The molecule has 3 atom stereocenters. The summed E-state index contributed by atoms with van der Waals surface area (Å²) in [6, 6.07) is -1.25. The molecule has 0 aliphatic heterocycles. The molecule has 1 fully saturated rings. The fourth-order valence-corrected chi connectivity index (χ4v) is 2.75. The van der Waals surface area contributed by atoms with Crippen LogP contribution in [0.3, 0.4) is 0 Å². The lowest BCUT2D eigenvalue weighted by Gasteiger charge is -2.19. The second-order valence-electron chi connectivity index (χ2n) is 4.69. The Morgan fingerprint density at radius 2 is 2.00 bits per heavy atom. The SMILES string of the molecule is CC(=O)N[C@H](CC(=S)[C@@H]1C(=O)CC[C@H]1C(=O)O)C(=O)O. The van der Waals surface area contributed by atoms with Crippen LogP contribution in [0.25, 0.3) is 0 Å². The van der Waals surface area contributed by atoms with E-state index in [1.54, 1.807) is 0 Å². The predicted octanol–water partition coefficient (Wildman–Crippen LogP) is 0.0156. The molecule has 1 aliphatic carbocycles. The van der Waals surface area contributed by atoms with Crippen molar-refractivity contribution in [2.45, 2.75) is 32.2 Å². The second kappa shape index (κ2) is 6.56. The first kappa shape index (κ1) is 16.2. The van der Waals surface area contributed by atoms with Crippen molar-refractivity contribution in [3.05, 3.63) is 0 Å². The van der Waals surface area contributed by atoms with Gasteiger partial charge in [0.1, 0.15) is 11.8 Å². The van der Waals surface area contributed by atoms with Crippen LogP contribution in [0.1, 0.15) is 26.2 Å². The van der Waals surface area contributed by atoms with E-state index in [1.807, 2.05) is 0 Å². The summed E-state index contributed by atoms with van der Waals surface area (Å²) in [5.74, 6) is -5.06. The van der Waals surface area contributed by atoms with Gasteiger partial charge in [-0.2, -0.15) is 0 Å². The molecule has 20 heavy (non-hydrogen) atoms. The van der Waals surface area contributed by atoms with E-state index < -0.39 is 35.7 Å². The Hall–Kier alpha value is -1.83. The monoisotopic (exact) mass is 301 g/mol. The molecule has 8 heteroatoms. The van der Waals surface area contributed by atoms with Crippen molar-refractivity contribution in [3.63, 3.8) is 0 Å². The summed E-state index contributed by atoms with van der Waals surface area (Å²) in [4.78, 5) is 44.8. The third kappa shape index (κ3) is 3.83. The molecule has 1 amide bonds. The molecular weight excluding hydrogens is 286 g/mol. The van der Waals surface area contributed by atoms with Crippen molar-refractivity contribution < 1.29 is 29.4 Å². The number of carboxylic acid groups (broad SMARTS) is 2. The molecule has 0 aromatic rings. The minimum absolute atomic E-state index is 0.0704. The van der Waals surface area contributed by atoms with E-state index in [0.29, 0.717) is 0 Å². The van der Waals surface area contributed by atoms with Crippen molar-refractivity contribution in [3.8, 4) is 0 Å². The Morgan fingerprint density at radius 3 is 2.45 bits per heavy atom. The Morgan fingerprint density at radius 1 is 1.40 bits per heavy atom. The highest BCUT2D eigenvalue weighted by molar-refractivity contribution is 7.80. The minimum atomic E-state index is -1.28. The molecule has 0 aromatic carbocycles. The van der Waals surface area contributed by atoms with Gasteiger partial charge < -0.3 is 15.5 Å². The molecule has 1 aliphatic rings. The number of rotatable bonds is 6. The fourth-order valence-electron chi connectivity index (χ4n) is 2.29. The maximum atomic E-state index is 11.7. The van der Waals surface area contributed by atoms with Crippen LogP contribution in [-0.2, 0) is 19.2 Å². The van der Waals surface area contributed by atoms with Gasteiger partial charge in [-0.15, -0.1) is 0 Å². The lowest BCUT2D eigenvalue weighted by Crippen LogP contribution is -2.43. The number of hydrogen-bond donors (Lipinski definition) is 3. The lowest BCUT2D eigenvalue weighted by molar-refractivity contribution is -0.143. The zero-order valence-electron chi connectivity index (χ0n) is 10.8. The molecule has 0 heterocycles. The summed E-state index contributed by atoms with van der Waals surface area (Å²) in [6.07, 6.45) is 0.0981. The molecule has 0 aromatic heterocycles. The Balaban J connectivity index is 2.82. The Kier molecular flexibility index (Phi) is 5.32. The summed E-state index contributed by atoms with van der Waals surface area (Å²) in [6.45, 7) is 1.17. The largest absolute Gasteiger partial charge is 0.481 e. The average Bonchev–Trinajstić information content (AvgIpc) is 2.69. The van der Waals surface area contributed by atoms with E-state index in [0.717, 1.165) is 0 Å². The summed E-state index contributed by atoms with van der Waals surface area (Å²) in [5.41, 5.74) is 0. The van der Waals surface area contributed by atoms with Gasteiger partial charge in [0.2, 0.25) is 5.91 Å². The van der Waals surface area contributed by atoms with Gasteiger partial charge in [0.05, 0.1) is 11.8 Å². The number of Topliss-reactive ketones (excluding diaryl/α,β-unsaturated/α-hetero) is 1. The van der Waals surface area contributed by atoms with Crippen molar-refractivity contribution in [2.75, 3.05) is 0 Å². The molecule has 3 N–H and O–H groups in total. The van der Waals surface area contributed by atoms with Gasteiger partial charge in [-0.1, -0.05) is 12.2 Å². The van der Waals surface area contributed by atoms with Crippen molar-refractivity contribution in [1.29, 1.82) is 0 Å². The quantitative estimate of drug-likeness (QED) is 0.591. The van der Waals surface area contributed by atoms with Crippen LogP contribution in [-0.4, -0.2) is 44.7 Å². The van der Waals surface area contributed by atoms with Crippen LogP contribution >= 0.6 is 12.2 Å². The maximum Gasteiger partial charge on any atom is 0.326 e. The standard InChI is InChI=1S/C12H15NO6S/c1-5(14)13-7(12(18)19)4-9(20)10-6(11(16)17)2-3-8(10)15/h6-7,10H,2-4H2,1H3,(H,13,14)(H,16,17)(H,18,19)/t6-,7-,10+/m1/s1. The van der Waals surface area contributed by atoms with Gasteiger partial charge in [-0.3, -0.25) is 14.4 Å². The van der Waals surface area contributed by atoms with Crippen LogP contribution in [0, 0.1) is 11.8 Å². The predicted molar refractivity (Wildman–Crippen MR) is 71.3 cm³/mol. The zero-order chi connectivity index (χ0) is 15.4. The topological polar surface area (TPSA) is 121 Å². The molecule has 0 bridgehead atoms. The maximum absolute atomic E-state index is 11.7. The van der Waals surface area contributed by atoms with E-state index in [9.17, 15) is 19.2 Å². The minimum Gasteiger partial charge on any atom is -0.481 e. The summed E-state index contributed by atoms with van der Waals surface area (Å²) in [5, 5.41) is 20.2. The first-order valence-corrected chi connectivity index (χ1v) is 6.43. The normalized spacial score (nSPS) is 23.1. The number of hydrogen-bond acceptors (Lipinski definition) is 5. The molecule has 1 saturated carbocycles. The highest BCUT2D eigenvalue weighted by Gasteiger charge is 2.42. The Labute approximate surface area is 120 Å². The molecule has 0 radical (unpaired) electrons. The molecule has 110 valence electrons. The van der Waals surface area contributed by atoms with Crippen molar-refractivity contribution in [1.82, 2.24) is 5.32 Å². The van der Waals surface area contributed by atoms with Crippen LogP contribution in [0.2, 0.25) is 0 Å². The average molecular weight is 301 g/mol. The number of thiocarbonyl (C=S) groups is 1. The number of carbonyl (C=O) groups excluding carboxylic acids is 2. The number of aliphatic carboxylic acids is 2. The number of carbonyl (C=O) groups is 4. The highest BCUT2D eigenvalue weighted by atomic mass is 32.1. The van der Waals surface area contributed by atoms with Crippen LogP contribution in [0.4, 0.5) is 0 Å². The lowest BCUT2D eigenvalue weighted by atomic mass is 9.89. The molecule has 0 unspecified atom stereocenters. The first-order valence-electron chi connectivity index (χ1n) is 6.02. The number of amides is 1. The van der Waals surface area contributed by atoms with Crippen LogP contribution in [0.15, 0.2) is 0 Å². The molecular formula is C12H15NO6S. The van der Waals surface area contributed by atoms with Gasteiger partial charge in [-0.05, 0) is 6.42 Å². The fraction of sp³-hybridized carbons (Fsp3) is 0.583. The van der Waals surface area contributed by atoms with E-state index >= 15 is 0 Å². The summed E-state index contributed by atoms with van der Waals surface area (Å²) < 4.78 is 0. The smallest absolute Gasteiger partial charge is 0.326 e. The molecule has 0 spiro atoms. The summed E-state index contributed by atoms with van der Waals surface area (Å²) >= 11 is 5.04. The number of carboxylic acids is 2. The van der Waals surface area contributed by atoms with Gasteiger partial charge in [0.15, 0.2) is 0 Å². The van der Waals surface area contributed by atoms with E-state index in [1.165, 1.54) is 6.92 Å². The van der Waals surface area contributed by atoms with Gasteiger partial charge in [-0.25, -0.2) is 4.79 Å². The molecule has 0 saturated heterocycles. The van der Waals surface area contributed by atoms with Crippen LogP contribution < -0.4 is 5.32 Å². The first-order chi connectivity index (χ1) is 9.23. The van der Waals surface area contributed by atoms with Crippen molar-refractivity contribution in [2.24, 2.45) is 11.8 Å². The van der Waals surface area contributed by atoms with E-state index in [2.05, 4.69) is 5.32 Å². The highest BCUT2D eigenvalue weighted by Crippen LogP contribution is 2.31. The third-order valence-electron chi connectivity index (χ3n) is 3.20. The molecule has 1 rings (SSSR count). The molecule has 7 nitrogen and oxygen atoms in total. The second-order valence-corrected chi connectivity index (χ2v) is 5.21. The van der Waals surface area contributed by atoms with Gasteiger partial charge in [0, 0.05) is 24.6 Å². The Bertz CT molecular complexity index is 475. The number of nitrogens with one attached hydrogen (secondary N) is 1. The van der Waals surface area contributed by atoms with Gasteiger partial charge >= 0.3 is 11.9 Å². The summed E-state index contributed by atoms with van der Waals surface area (Å²) in [7, 11) is 0. The third-order valence-corrected chi connectivity index (χ3v) is 3.62. The zero-order valence-corrected chi connectivity index (χ0v) is 11.6.